The largest absolute Gasteiger partial charge is 0.383 e. The van der Waals surface area contributed by atoms with Crippen molar-refractivity contribution in [3.8, 4) is 0 Å². The molecule has 1 aromatic heterocycles. The first-order chi connectivity index (χ1) is 7.97. The fraction of sp³-hybridized carbons (Fsp3) is 0.100. The molecule has 0 bridgehead atoms. The molecule has 0 unspecified atom stereocenters. The lowest BCUT2D eigenvalue weighted by Crippen LogP contribution is -2.16. The van der Waals surface area contributed by atoms with Crippen molar-refractivity contribution in [2.24, 2.45) is 5.73 Å². The van der Waals surface area contributed by atoms with Crippen molar-refractivity contribution in [2.45, 2.75) is 6.42 Å². The topological polar surface area (TPSA) is 94.9 Å². The number of carbonyl (C=O) groups excluding carboxylic acids is 1. The fourth-order valence-electron chi connectivity index (χ4n) is 1.43. The minimum atomic E-state index is -0.524. The molecule has 0 fully saturated rings. The number of fused-ring (bicyclic) bond motifs is 1. The average Bonchev–Trinajstić information content (AvgIpc) is 2.20. The van der Waals surface area contributed by atoms with Crippen molar-refractivity contribution in [3.63, 3.8) is 0 Å². The van der Waals surface area contributed by atoms with E-state index in [1.807, 2.05) is 0 Å². The molecule has 0 saturated carbocycles. The van der Waals surface area contributed by atoms with Gasteiger partial charge in [-0.15, -0.1) is 0 Å². The second-order valence-corrected chi connectivity index (χ2v) is 4.27. The molecule has 1 amide bonds. The number of nitrogens with zero attached hydrogens (tertiary/aromatic N) is 2. The van der Waals surface area contributed by atoms with Crippen molar-refractivity contribution in [3.05, 3.63) is 28.0 Å². The summed E-state index contributed by atoms with van der Waals surface area (Å²) in [6.07, 6.45) is -0.0691. The smallest absolute Gasteiger partial charge is 0.225 e. The lowest BCUT2D eigenvalue weighted by Gasteiger charge is -2.05. The van der Waals surface area contributed by atoms with Crippen molar-refractivity contribution >= 4 is 45.8 Å². The zero-order chi connectivity index (χ0) is 12.6. The highest BCUT2D eigenvalue weighted by molar-refractivity contribution is 6.42. The van der Waals surface area contributed by atoms with E-state index in [4.69, 9.17) is 34.7 Å². The summed E-state index contributed by atoms with van der Waals surface area (Å²) in [7, 11) is 0. The standard InChI is InChI=1S/C10H8Cl2N4O/c11-5-1-4-7(2-6(5)12)15-9(3-8(13)17)16-10(4)14/h1-2H,3H2,(H2,13,17)(H2,14,15,16). The van der Waals surface area contributed by atoms with Crippen LogP contribution in [-0.4, -0.2) is 15.9 Å². The number of anilines is 1. The number of rotatable bonds is 2. The lowest BCUT2D eigenvalue weighted by molar-refractivity contribution is -0.117. The molecule has 5 nitrogen and oxygen atoms in total. The number of benzene rings is 1. The molecule has 0 aliphatic rings. The van der Waals surface area contributed by atoms with Crippen LogP contribution in [0.1, 0.15) is 5.82 Å². The Morgan fingerprint density at radius 3 is 2.53 bits per heavy atom. The monoisotopic (exact) mass is 270 g/mol. The number of carbonyl (C=O) groups is 1. The first-order valence-corrected chi connectivity index (χ1v) is 5.42. The first-order valence-electron chi connectivity index (χ1n) is 4.67. The van der Waals surface area contributed by atoms with Gasteiger partial charge in [-0.1, -0.05) is 23.2 Å². The van der Waals surface area contributed by atoms with Gasteiger partial charge in [-0.25, -0.2) is 9.97 Å². The van der Waals surface area contributed by atoms with E-state index in [1.165, 1.54) is 0 Å². The van der Waals surface area contributed by atoms with Gasteiger partial charge < -0.3 is 11.5 Å². The number of amides is 1. The highest BCUT2D eigenvalue weighted by Crippen LogP contribution is 2.29. The molecule has 2 rings (SSSR count). The molecular weight excluding hydrogens is 263 g/mol. The Morgan fingerprint density at radius 1 is 1.24 bits per heavy atom. The summed E-state index contributed by atoms with van der Waals surface area (Å²) < 4.78 is 0. The van der Waals surface area contributed by atoms with Gasteiger partial charge in [-0.05, 0) is 12.1 Å². The van der Waals surface area contributed by atoms with Gasteiger partial charge in [-0.3, -0.25) is 4.79 Å². The van der Waals surface area contributed by atoms with Crippen LogP contribution in [0, 0.1) is 0 Å². The van der Waals surface area contributed by atoms with Gasteiger partial charge in [0.15, 0.2) is 0 Å². The van der Waals surface area contributed by atoms with Crippen LogP contribution in [0.15, 0.2) is 12.1 Å². The second kappa shape index (κ2) is 4.35. The molecule has 0 atom stereocenters. The summed E-state index contributed by atoms with van der Waals surface area (Å²) >= 11 is 11.7. The molecule has 0 saturated heterocycles. The molecule has 7 heteroatoms. The van der Waals surface area contributed by atoms with Gasteiger partial charge in [0.2, 0.25) is 5.91 Å². The number of nitrogen functional groups attached to an aromatic ring is 1. The highest BCUT2D eigenvalue weighted by atomic mass is 35.5. The summed E-state index contributed by atoms with van der Waals surface area (Å²) in [4.78, 5) is 18.9. The third-order valence-electron chi connectivity index (χ3n) is 2.15. The minimum absolute atomic E-state index is 0.0691. The van der Waals surface area contributed by atoms with E-state index in [-0.39, 0.29) is 18.1 Å². The molecule has 0 aliphatic carbocycles. The molecule has 4 N–H and O–H groups in total. The highest BCUT2D eigenvalue weighted by Gasteiger charge is 2.10. The van der Waals surface area contributed by atoms with Gasteiger partial charge in [0.25, 0.3) is 0 Å². The van der Waals surface area contributed by atoms with Crippen molar-refractivity contribution in [2.75, 3.05) is 5.73 Å². The average molecular weight is 271 g/mol. The summed E-state index contributed by atoms with van der Waals surface area (Å²) in [6.45, 7) is 0. The maximum Gasteiger partial charge on any atom is 0.225 e. The van der Waals surface area contributed by atoms with E-state index in [0.29, 0.717) is 20.9 Å². The Morgan fingerprint density at radius 2 is 1.88 bits per heavy atom. The van der Waals surface area contributed by atoms with Crippen LogP contribution >= 0.6 is 23.2 Å². The first kappa shape index (κ1) is 11.9. The lowest BCUT2D eigenvalue weighted by atomic mass is 10.2. The SMILES string of the molecule is NC(=O)Cc1nc(N)c2cc(Cl)c(Cl)cc2n1. The molecule has 17 heavy (non-hydrogen) atoms. The molecule has 1 aromatic carbocycles. The summed E-state index contributed by atoms with van der Waals surface area (Å²) in [5, 5.41) is 1.33. The van der Waals surface area contributed by atoms with Crippen LogP contribution in [0.3, 0.4) is 0 Å². The molecular formula is C10H8Cl2N4O. The van der Waals surface area contributed by atoms with Crippen LogP contribution in [0.4, 0.5) is 5.82 Å². The summed E-state index contributed by atoms with van der Waals surface area (Å²) in [5.41, 5.74) is 11.3. The summed E-state index contributed by atoms with van der Waals surface area (Å²) in [5.74, 6) is -0.0190. The normalized spacial score (nSPS) is 10.7. The van der Waals surface area contributed by atoms with E-state index < -0.39 is 5.91 Å². The number of hydrogen-bond donors (Lipinski definition) is 2. The van der Waals surface area contributed by atoms with Gasteiger partial charge in [0.05, 0.1) is 22.0 Å². The Kier molecular flexibility index (Phi) is 3.04. The number of hydrogen-bond acceptors (Lipinski definition) is 4. The number of primary amides is 1. The van der Waals surface area contributed by atoms with Gasteiger partial charge >= 0.3 is 0 Å². The third-order valence-corrected chi connectivity index (χ3v) is 2.87. The van der Waals surface area contributed by atoms with Crippen LogP contribution in [-0.2, 0) is 11.2 Å². The molecule has 2 aromatic rings. The Bertz CT molecular complexity index is 615. The van der Waals surface area contributed by atoms with Gasteiger partial charge in [0, 0.05) is 5.39 Å². The van der Waals surface area contributed by atoms with E-state index in [0.717, 1.165) is 0 Å². The van der Waals surface area contributed by atoms with Crippen molar-refractivity contribution in [1.29, 1.82) is 0 Å². The maximum atomic E-state index is 10.8. The zero-order valence-corrected chi connectivity index (χ0v) is 10.1. The third kappa shape index (κ3) is 2.40. The predicted molar refractivity (Wildman–Crippen MR) is 66.9 cm³/mol. The van der Waals surface area contributed by atoms with E-state index in [1.54, 1.807) is 12.1 Å². The van der Waals surface area contributed by atoms with Crippen molar-refractivity contribution in [1.82, 2.24) is 9.97 Å². The molecule has 0 aliphatic heterocycles. The van der Waals surface area contributed by atoms with Gasteiger partial charge in [0.1, 0.15) is 11.6 Å². The van der Waals surface area contributed by atoms with Crippen molar-refractivity contribution < 1.29 is 4.79 Å². The fourth-order valence-corrected chi connectivity index (χ4v) is 1.75. The van der Waals surface area contributed by atoms with E-state index in [2.05, 4.69) is 9.97 Å². The summed E-state index contributed by atoms with van der Waals surface area (Å²) in [6, 6.07) is 3.16. The van der Waals surface area contributed by atoms with Crippen LogP contribution < -0.4 is 11.5 Å². The van der Waals surface area contributed by atoms with Crippen LogP contribution in [0.5, 0.6) is 0 Å². The number of aromatic nitrogens is 2. The van der Waals surface area contributed by atoms with E-state index >= 15 is 0 Å². The number of nitrogens with two attached hydrogens (primary N) is 2. The molecule has 0 spiro atoms. The molecule has 88 valence electrons. The Balaban J connectivity index is 2.64. The van der Waals surface area contributed by atoms with E-state index in [9.17, 15) is 4.79 Å². The van der Waals surface area contributed by atoms with Crippen LogP contribution in [0.25, 0.3) is 10.9 Å². The van der Waals surface area contributed by atoms with Crippen LogP contribution in [0.2, 0.25) is 10.0 Å². The Hall–Kier alpha value is -1.59. The van der Waals surface area contributed by atoms with Gasteiger partial charge in [-0.2, -0.15) is 0 Å². The molecule has 1 heterocycles. The Labute approximate surface area is 107 Å². The zero-order valence-electron chi connectivity index (χ0n) is 8.58. The number of halogens is 2. The second-order valence-electron chi connectivity index (χ2n) is 3.45. The maximum absolute atomic E-state index is 10.8. The quantitative estimate of drug-likeness (QED) is 0.866. The molecule has 0 radical (unpaired) electrons. The minimum Gasteiger partial charge on any atom is -0.383 e. The predicted octanol–water partition coefficient (Wildman–Crippen LogP) is 1.55.